The summed E-state index contributed by atoms with van der Waals surface area (Å²) in [5.74, 6) is -0.809. The van der Waals surface area contributed by atoms with Crippen LogP contribution in [0.4, 0.5) is 5.69 Å². The fourth-order valence-electron chi connectivity index (χ4n) is 2.70. The van der Waals surface area contributed by atoms with Gasteiger partial charge in [-0.05, 0) is 37.1 Å². The zero-order valence-electron chi connectivity index (χ0n) is 12.2. The van der Waals surface area contributed by atoms with Gasteiger partial charge in [0.25, 0.3) is 5.91 Å². The summed E-state index contributed by atoms with van der Waals surface area (Å²) in [4.78, 5) is 29.8. The number of hydrogen-bond acceptors (Lipinski definition) is 4. The van der Waals surface area contributed by atoms with Gasteiger partial charge < -0.3 is 9.64 Å². The molecule has 5 heteroatoms. The predicted molar refractivity (Wildman–Crippen MR) is 81.6 cm³/mol. The monoisotopic (exact) mass is 296 g/mol. The Morgan fingerprint density at radius 2 is 2.00 bits per heavy atom. The average Bonchev–Trinajstić information content (AvgIpc) is 2.89. The molecule has 2 aromatic rings. The van der Waals surface area contributed by atoms with E-state index in [0.29, 0.717) is 0 Å². The van der Waals surface area contributed by atoms with Gasteiger partial charge in [0.15, 0.2) is 6.61 Å². The number of anilines is 1. The van der Waals surface area contributed by atoms with Crippen LogP contribution >= 0.6 is 0 Å². The highest BCUT2D eigenvalue weighted by Gasteiger charge is 2.31. The Labute approximate surface area is 128 Å². The minimum absolute atomic E-state index is 0.0680. The van der Waals surface area contributed by atoms with E-state index in [0.717, 1.165) is 17.7 Å². The lowest BCUT2D eigenvalue weighted by Gasteiger charge is -2.22. The highest BCUT2D eigenvalue weighted by molar-refractivity contribution is 5.98. The van der Waals surface area contributed by atoms with Crippen molar-refractivity contribution in [2.75, 3.05) is 11.5 Å². The molecule has 1 aliphatic heterocycles. The number of benzene rings is 1. The van der Waals surface area contributed by atoms with Crippen molar-refractivity contribution in [2.45, 2.75) is 19.4 Å². The molecule has 0 fully saturated rings. The van der Waals surface area contributed by atoms with Crippen LogP contribution < -0.4 is 4.90 Å². The van der Waals surface area contributed by atoms with Gasteiger partial charge in [-0.25, -0.2) is 9.78 Å². The Bertz CT molecular complexity index is 700. The van der Waals surface area contributed by atoms with E-state index in [1.807, 2.05) is 31.2 Å². The van der Waals surface area contributed by atoms with E-state index in [9.17, 15) is 9.59 Å². The molecular weight excluding hydrogens is 280 g/mol. The van der Waals surface area contributed by atoms with Crippen LogP contribution in [0, 0.1) is 0 Å². The van der Waals surface area contributed by atoms with Gasteiger partial charge in [0.1, 0.15) is 5.69 Å². The fraction of sp³-hybridized carbons (Fsp3) is 0.235. The third-order valence-electron chi connectivity index (χ3n) is 3.68. The van der Waals surface area contributed by atoms with Crippen molar-refractivity contribution >= 4 is 17.6 Å². The average molecular weight is 296 g/mol. The van der Waals surface area contributed by atoms with Crippen LogP contribution in [0.1, 0.15) is 23.0 Å². The zero-order chi connectivity index (χ0) is 15.5. The molecule has 2 heterocycles. The summed E-state index contributed by atoms with van der Waals surface area (Å²) in [6.45, 7) is 1.70. The molecule has 22 heavy (non-hydrogen) atoms. The Hall–Kier alpha value is -2.69. The smallest absolute Gasteiger partial charge is 0.357 e. The maximum atomic E-state index is 12.4. The van der Waals surface area contributed by atoms with Crippen molar-refractivity contribution in [3.8, 4) is 0 Å². The summed E-state index contributed by atoms with van der Waals surface area (Å²) in [6.07, 6.45) is 2.33. The molecule has 3 rings (SSSR count). The van der Waals surface area contributed by atoms with E-state index >= 15 is 0 Å². The lowest BCUT2D eigenvalue weighted by Crippen LogP contribution is -2.38. The van der Waals surface area contributed by atoms with Crippen LogP contribution in [0.5, 0.6) is 0 Å². The maximum Gasteiger partial charge on any atom is 0.357 e. The van der Waals surface area contributed by atoms with Crippen LogP contribution in [-0.4, -0.2) is 29.5 Å². The highest BCUT2D eigenvalue weighted by Crippen LogP contribution is 2.31. The van der Waals surface area contributed by atoms with Gasteiger partial charge in [0, 0.05) is 17.9 Å². The molecular formula is C17H16N2O3. The van der Waals surface area contributed by atoms with Crippen LogP contribution in [0.3, 0.4) is 0 Å². The molecule has 0 bridgehead atoms. The topological polar surface area (TPSA) is 59.5 Å². The van der Waals surface area contributed by atoms with Crippen molar-refractivity contribution in [1.82, 2.24) is 4.98 Å². The second-order valence-electron chi connectivity index (χ2n) is 5.24. The quantitative estimate of drug-likeness (QED) is 0.815. The summed E-state index contributed by atoms with van der Waals surface area (Å²) >= 11 is 0. The summed E-state index contributed by atoms with van der Waals surface area (Å²) in [5.41, 5.74) is 2.23. The zero-order valence-corrected chi connectivity index (χ0v) is 12.2. The molecule has 1 aliphatic rings. The first kappa shape index (κ1) is 14.3. The standard InChI is InChI=1S/C17H16N2O3/c1-12-10-13-6-2-3-8-15(13)19(12)16(20)11-22-17(21)14-7-4-5-9-18-14/h2-9,12H,10-11H2,1H3. The molecule has 0 radical (unpaired) electrons. The number of carbonyl (C=O) groups is 2. The number of aromatic nitrogens is 1. The van der Waals surface area contributed by atoms with E-state index in [1.54, 1.807) is 23.1 Å². The summed E-state index contributed by atoms with van der Waals surface area (Å²) < 4.78 is 5.07. The number of fused-ring (bicyclic) bond motifs is 1. The van der Waals surface area contributed by atoms with E-state index in [2.05, 4.69) is 4.98 Å². The number of nitrogens with zero attached hydrogens (tertiary/aromatic N) is 2. The lowest BCUT2D eigenvalue weighted by molar-refractivity contribution is -0.122. The first-order chi connectivity index (χ1) is 10.7. The van der Waals surface area contributed by atoms with Crippen molar-refractivity contribution < 1.29 is 14.3 Å². The summed E-state index contributed by atoms with van der Waals surface area (Å²) in [7, 11) is 0. The van der Waals surface area contributed by atoms with E-state index in [4.69, 9.17) is 4.74 Å². The Balaban J connectivity index is 1.67. The van der Waals surface area contributed by atoms with Gasteiger partial charge in [0.2, 0.25) is 0 Å². The van der Waals surface area contributed by atoms with E-state index in [1.165, 1.54) is 6.20 Å². The number of amides is 1. The molecule has 0 N–H and O–H groups in total. The number of hydrogen-bond donors (Lipinski definition) is 0. The number of pyridine rings is 1. The van der Waals surface area contributed by atoms with Crippen molar-refractivity contribution in [2.24, 2.45) is 0 Å². The van der Waals surface area contributed by atoms with Crippen LogP contribution in [0.25, 0.3) is 0 Å². The van der Waals surface area contributed by atoms with Crippen molar-refractivity contribution in [3.63, 3.8) is 0 Å². The number of esters is 1. The van der Waals surface area contributed by atoms with Crippen molar-refractivity contribution in [3.05, 3.63) is 59.9 Å². The normalized spacial score (nSPS) is 16.2. The van der Waals surface area contributed by atoms with Gasteiger partial charge in [-0.1, -0.05) is 24.3 Å². The third kappa shape index (κ3) is 2.70. The molecule has 1 amide bonds. The van der Waals surface area contributed by atoms with Gasteiger partial charge >= 0.3 is 5.97 Å². The maximum absolute atomic E-state index is 12.4. The number of rotatable bonds is 3. The number of carbonyl (C=O) groups excluding carboxylic acids is 2. The van der Waals surface area contributed by atoms with E-state index in [-0.39, 0.29) is 24.2 Å². The largest absolute Gasteiger partial charge is 0.451 e. The minimum atomic E-state index is -0.589. The Morgan fingerprint density at radius 1 is 1.23 bits per heavy atom. The lowest BCUT2D eigenvalue weighted by atomic mass is 10.1. The number of ether oxygens (including phenoxy) is 1. The molecule has 0 saturated heterocycles. The minimum Gasteiger partial charge on any atom is -0.451 e. The summed E-state index contributed by atoms with van der Waals surface area (Å²) in [6, 6.07) is 12.8. The molecule has 0 saturated carbocycles. The van der Waals surface area contributed by atoms with Gasteiger partial charge in [-0.2, -0.15) is 0 Å². The van der Waals surface area contributed by atoms with Crippen LogP contribution in [0.15, 0.2) is 48.7 Å². The second kappa shape index (κ2) is 5.97. The predicted octanol–water partition coefficient (Wildman–Crippen LogP) is 2.22. The SMILES string of the molecule is CC1Cc2ccccc2N1C(=O)COC(=O)c1ccccn1. The van der Waals surface area contributed by atoms with Crippen molar-refractivity contribution in [1.29, 1.82) is 0 Å². The highest BCUT2D eigenvalue weighted by atomic mass is 16.5. The van der Waals surface area contributed by atoms with Crippen LogP contribution in [-0.2, 0) is 16.0 Å². The van der Waals surface area contributed by atoms with Gasteiger partial charge in [0.05, 0.1) is 0 Å². The van der Waals surface area contributed by atoms with E-state index < -0.39 is 5.97 Å². The third-order valence-corrected chi connectivity index (χ3v) is 3.68. The molecule has 5 nitrogen and oxygen atoms in total. The molecule has 112 valence electrons. The molecule has 1 aromatic carbocycles. The number of para-hydroxylation sites is 1. The first-order valence-electron chi connectivity index (χ1n) is 7.15. The fourth-order valence-corrected chi connectivity index (χ4v) is 2.70. The van der Waals surface area contributed by atoms with Gasteiger partial charge in [-0.3, -0.25) is 4.79 Å². The summed E-state index contributed by atoms with van der Waals surface area (Å²) in [5, 5.41) is 0. The first-order valence-corrected chi connectivity index (χ1v) is 7.15. The molecule has 1 unspecified atom stereocenters. The van der Waals surface area contributed by atoms with Gasteiger partial charge in [-0.15, -0.1) is 0 Å². The Morgan fingerprint density at radius 3 is 2.77 bits per heavy atom. The molecule has 0 spiro atoms. The Kier molecular flexibility index (Phi) is 3.87. The molecule has 0 aliphatic carbocycles. The molecule has 1 aromatic heterocycles. The molecule has 1 atom stereocenters. The second-order valence-corrected chi connectivity index (χ2v) is 5.24. The van der Waals surface area contributed by atoms with Crippen LogP contribution in [0.2, 0.25) is 0 Å².